The maximum Gasteiger partial charge on any atom is 0.205 e. The fraction of sp³-hybridized carbons (Fsp3) is 0.286. The first-order chi connectivity index (χ1) is 17.5. The SMILES string of the molecule is COc1ccc(N2CC[NH+](Cc3nc(-c4ccc(C)cc4)n(Cc4ccc(Cl)cc4Cl)n3)CC2)cc1. The average Bonchev–Trinajstić information content (AvgIpc) is 3.28. The van der Waals surface area contributed by atoms with Crippen molar-refractivity contribution in [2.24, 2.45) is 0 Å². The van der Waals surface area contributed by atoms with Crippen LogP contribution in [0.3, 0.4) is 0 Å². The van der Waals surface area contributed by atoms with Crippen LogP contribution >= 0.6 is 23.2 Å². The Balaban J connectivity index is 1.32. The molecule has 0 unspecified atom stereocenters. The van der Waals surface area contributed by atoms with Crippen LogP contribution in [-0.2, 0) is 13.1 Å². The largest absolute Gasteiger partial charge is 0.497 e. The third-order valence-corrected chi connectivity index (χ3v) is 7.26. The molecule has 1 saturated heterocycles. The summed E-state index contributed by atoms with van der Waals surface area (Å²) in [6.07, 6.45) is 0. The van der Waals surface area contributed by atoms with Gasteiger partial charge in [0.2, 0.25) is 5.82 Å². The van der Waals surface area contributed by atoms with Crippen molar-refractivity contribution in [2.45, 2.75) is 20.0 Å². The first-order valence-corrected chi connectivity index (χ1v) is 12.9. The summed E-state index contributed by atoms with van der Waals surface area (Å²) < 4.78 is 7.25. The molecule has 36 heavy (non-hydrogen) atoms. The van der Waals surface area contributed by atoms with Crippen LogP contribution in [0.25, 0.3) is 11.4 Å². The molecule has 3 aromatic carbocycles. The van der Waals surface area contributed by atoms with Crippen molar-refractivity contribution in [3.63, 3.8) is 0 Å². The molecular formula is C28H30Cl2N5O+. The summed E-state index contributed by atoms with van der Waals surface area (Å²) in [5, 5.41) is 6.18. The summed E-state index contributed by atoms with van der Waals surface area (Å²) in [7, 11) is 1.70. The molecule has 1 N–H and O–H groups in total. The molecule has 0 spiro atoms. The number of aromatic nitrogens is 3. The standard InChI is InChI=1S/C28H29Cl2N5O/c1-20-3-5-21(6-4-20)28-31-27(32-35(28)18-22-7-8-23(29)17-26(22)30)19-33-13-15-34(16-14-33)24-9-11-25(36-2)12-10-24/h3-12,17H,13-16,18-19H2,1-2H3/p+1. The average molecular weight is 523 g/mol. The number of piperazine rings is 1. The molecular weight excluding hydrogens is 493 g/mol. The number of benzene rings is 3. The van der Waals surface area contributed by atoms with Crippen LogP contribution in [0.5, 0.6) is 5.75 Å². The normalized spacial score (nSPS) is 14.3. The van der Waals surface area contributed by atoms with E-state index in [4.69, 9.17) is 38.0 Å². The topological polar surface area (TPSA) is 47.6 Å². The second-order valence-corrected chi connectivity index (χ2v) is 10.1. The van der Waals surface area contributed by atoms with E-state index in [1.807, 2.05) is 28.9 Å². The number of hydrogen-bond donors (Lipinski definition) is 1. The monoisotopic (exact) mass is 522 g/mol. The van der Waals surface area contributed by atoms with Gasteiger partial charge in [-0.15, -0.1) is 5.10 Å². The van der Waals surface area contributed by atoms with Gasteiger partial charge in [0.25, 0.3) is 0 Å². The number of nitrogens with one attached hydrogen (secondary N) is 1. The molecule has 0 saturated carbocycles. The smallest absolute Gasteiger partial charge is 0.205 e. The van der Waals surface area contributed by atoms with Gasteiger partial charge in [-0.05, 0) is 48.9 Å². The van der Waals surface area contributed by atoms with Crippen LogP contribution in [0, 0.1) is 6.92 Å². The Kier molecular flexibility index (Phi) is 7.46. The molecule has 0 aliphatic carbocycles. The highest BCUT2D eigenvalue weighted by molar-refractivity contribution is 6.35. The molecule has 1 aliphatic heterocycles. The minimum atomic E-state index is 0.535. The molecule has 1 aliphatic rings. The molecule has 186 valence electrons. The number of rotatable bonds is 7. The van der Waals surface area contributed by atoms with Crippen molar-refractivity contribution in [3.05, 3.63) is 93.7 Å². The number of hydrogen-bond acceptors (Lipinski definition) is 4. The van der Waals surface area contributed by atoms with Gasteiger partial charge in [0.1, 0.15) is 12.3 Å². The van der Waals surface area contributed by atoms with Gasteiger partial charge < -0.3 is 14.5 Å². The number of anilines is 1. The van der Waals surface area contributed by atoms with Crippen molar-refractivity contribution in [3.8, 4) is 17.1 Å². The maximum absolute atomic E-state index is 6.48. The fourth-order valence-electron chi connectivity index (χ4n) is 4.58. The number of quaternary nitrogens is 1. The highest BCUT2D eigenvalue weighted by atomic mass is 35.5. The molecule has 0 bridgehead atoms. The Morgan fingerprint density at radius 2 is 1.67 bits per heavy atom. The van der Waals surface area contributed by atoms with Crippen molar-refractivity contribution in [1.29, 1.82) is 0 Å². The Hall–Kier alpha value is -3.06. The highest BCUT2D eigenvalue weighted by Crippen LogP contribution is 2.25. The van der Waals surface area contributed by atoms with E-state index in [1.54, 1.807) is 13.2 Å². The summed E-state index contributed by atoms with van der Waals surface area (Å²) in [6.45, 7) is 7.46. The van der Waals surface area contributed by atoms with Gasteiger partial charge in [-0.3, -0.25) is 0 Å². The van der Waals surface area contributed by atoms with Crippen LogP contribution < -0.4 is 14.5 Å². The van der Waals surface area contributed by atoms with Crippen LogP contribution in [0.2, 0.25) is 10.0 Å². The van der Waals surface area contributed by atoms with Crippen LogP contribution in [-0.4, -0.2) is 48.1 Å². The van der Waals surface area contributed by atoms with E-state index in [2.05, 4.69) is 48.2 Å². The molecule has 6 nitrogen and oxygen atoms in total. The van der Waals surface area contributed by atoms with Gasteiger partial charge in [-0.25, -0.2) is 9.67 Å². The lowest BCUT2D eigenvalue weighted by atomic mass is 10.1. The van der Waals surface area contributed by atoms with Crippen molar-refractivity contribution >= 4 is 28.9 Å². The van der Waals surface area contributed by atoms with E-state index in [0.29, 0.717) is 16.6 Å². The number of halogens is 2. The summed E-state index contributed by atoms with van der Waals surface area (Å²) in [4.78, 5) is 8.89. The van der Waals surface area contributed by atoms with E-state index in [9.17, 15) is 0 Å². The first-order valence-electron chi connectivity index (χ1n) is 12.2. The molecule has 8 heteroatoms. The van der Waals surface area contributed by atoms with E-state index >= 15 is 0 Å². The molecule has 4 aromatic rings. The number of aryl methyl sites for hydroxylation is 1. The third kappa shape index (κ3) is 5.67. The fourth-order valence-corrected chi connectivity index (χ4v) is 5.04. The van der Waals surface area contributed by atoms with E-state index in [1.165, 1.54) is 16.2 Å². The highest BCUT2D eigenvalue weighted by Gasteiger charge is 2.23. The van der Waals surface area contributed by atoms with Gasteiger partial charge in [0.15, 0.2) is 5.82 Å². The van der Waals surface area contributed by atoms with Gasteiger partial charge in [-0.2, -0.15) is 0 Å². The summed E-state index contributed by atoms with van der Waals surface area (Å²) in [5.74, 6) is 2.59. The van der Waals surface area contributed by atoms with Crippen LogP contribution in [0.4, 0.5) is 5.69 Å². The maximum atomic E-state index is 6.48. The molecule has 1 aromatic heterocycles. The predicted molar refractivity (Wildman–Crippen MR) is 145 cm³/mol. The second kappa shape index (κ2) is 10.9. The Labute approximate surface area is 222 Å². The summed E-state index contributed by atoms with van der Waals surface area (Å²) in [5.41, 5.74) is 4.46. The van der Waals surface area contributed by atoms with Gasteiger partial charge in [0.05, 0.1) is 39.8 Å². The lowest BCUT2D eigenvalue weighted by Gasteiger charge is -2.33. The minimum absolute atomic E-state index is 0.535. The van der Waals surface area contributed by atoms with E-state index in [0.717, 1.165) is 61.2 Å². The molecule has 0 radical (unpaired) electrons. The predicted octanol–water partition coefficient (Wildman–Crippen LogP) is 4.52. The second-order valence-electron chi connectivity index (χ2n) is 9.22. The molecule has 2 heterocycles. The van der Waals surface area contributed by atoms with Crippen molar-refractivity contribution in [1.82, 2.24) is 14.8 Å². The molecule has 5 rings (SSSR count). The van der Waals surface area contributed by atoms with Crippen molar-refractivity contribution in [2.75, 3.05) is 38.2 Å². The zero-order valence-electron chi connectivity index (χ0n) is 20.5. The van der Waals surface area contributed by atoms with Crippen molar-refractivity contribution < 1.29 is 9.64 Å². The van der Waals surface area contributed by atoms with E-state index in [-0.39, 0.29) is 0 Å². The number of nitrogens with zero attached hydrogens (tertiary/aromatic N) is 4. The van der Waals surface area contributed by atoms with Gasteiger partial charge >= 0.3 is 0 Å². The summed E-state index contributed by atoms with van der Waals surface area (Å²) >= 11 is 12.6. The summed E-state index contributed by atoms with van der Waals surface area (Å²) in [6, 6.07) is 22.3. The van der Waals surface area contributed by atoms with Crippen LogP contribution in [0.1, 0.15) is 17.0 Å². The minimum Gasteiger partial charge on any atom is -0.497 e. The zero-order valence-corrected chi connectivity index (χ0v) is 22.1. The lowest BCUT2D eigenvalue weighted by Crippen LogP contribution is -3.13. The number of methoxy groups -OCH3 is 1. The quantitative estimate of drug-likeness (QED) is 0.387. The number of ether oxygens (including phenoxy) is 1. The van der Waals surface area contributed by atoms with Crippen LogP contribution in [0.15, 0.2) is 66.7 Å². The van der Waals surface area contributed by atoms with Gasteiger partial charge in [-0.1, -0.05) is 59.1 Å². The Morgan fingerprint density at radius 1 is 0.944 bits per heavy atom. The molecule has 0 amide bonds. The molecule has 0 atom stereocenters. The molecule has 1 fully saturated rings. The first kappa shape index (κ1) is 24.6. The third-order valence-electron chi connectivity index (χ3n) is 6.68. The zero-order chi connectivity index (χ0) is 25.1. The van der Waals surface area contributed by atoms with Gasteiger partial charge in [0, 0.05) is 21.3 Å². The van der Waals surface area contributed by atoms with E-state index < -0.39 is 0 Å². The Bertz CT molecular complexity index is 1310. The Morgan fingerprint density at radius 3 is 2.33 bits per heavy atom. The lowest BCUT2D eigenvalue weighted by molar-refractivity contribution is -0.915.